The largest absolute Gasteiger partial charge is 0.418 e. The maximum atomic E-state index is 13.1. The van der Waals surface area contributed by atoms with E-state index in [1.54, 1.807) is 9.80 Å². The van der Waals surface area contributed by atoms with Crippen molar-refractivity contribution in [2.24, 2.45) is 0 Å². The van der Waals surface area contributed by atoms with Crippen molar-refractivity contribution in [3.05, 3.63) is 29.8 Å². The molecule has 2 saturated heterocycles. The maximum Gasteiger partial charge on any atom is 0.418 e. The number of hydrogen-bond donors (Lipinski definition) is 1. The summed E-state index contributed by atoms with van der Waals surface area (Å²) >= 11 is 5.27. The number of para-hydroxylation sites is 1. The Morgan fingerprint density at radius 3 is 2.42 bits per heavy atom. The van der Waals surface area contributed by atoms with E-state index >= 15 is 0 Å². The fourth-order valence-electron chi connectivity index (χ4n) is 3.14. The number of benzene rings is 1. The SMILES string of the molecule is O=C([C@H]1CCCO1)N1CCN(C(=S)Nc2ccccc2C(F)(F)F)CC1. The second-order valence-electron chi connectivity index (χ2n) is 6.29. The number of alkyl halides is 3. The molecule has 2 aliphatic heterocycles. The van der Waals surface area contributed by atoms with E-state index in [0.717, 1.165) is 18.9 Å². The van der Waals surface area contributed by atoms with E-state index in [9.17, 15) is 18.0 Å². The molecule has 9 heteroatoms. The molecule has 1 aromatic rings. The molecule has 0 saturated carbocycles. The molecule has 2 fully saturated rings. The van der Waals surface area contributed by atoms with Crippen LogP contribution in [-0.4, -0.2) is 59.7 Å². The van der Waals surface area contributed by atoms with E-state index in [-0.39, 0.29) is 22.8 Å². The number of anilines is 1. The lowest BCUT2D eigenvalue weighted by Crippen LogP contribution is -2.53. The van der Waals surface area contributed by atoms with Crippen molar-refractivity contribution in [3.8, 4) is 0 Å². The summed E-state index contributed by atoms with van der Waals surface area (Å²) in [4.78, 5) is 15.8. The third-order valence-corrected chi connectivity index (χ3v) is 4.92. The van der Waals surface area contributed by atoms with Crippen LogP contribution in [0.3, 0.4) is 0 Å². The van der Waals surface area contributed by atoms with E-state index in [4.69, 9.17) is 17.0 Å². The third-order valence-electron chi connectivity index (χ3n) is 4.56. The topological polar surface area (TPSA) is 44.8 Å². The van der Waals surface area contributed by atoms with Gasteiger partial charge in [-0.15, -0.1) is 0 Å². The fraction of sp³-hybridized carbons (Fsp3) is 0.529. The summed E-state index contributed by atoms with van der Waals surface area (Å²) in [7, 11) is 0. The van der Waals surface area contributed by atoms with E-state index in [1.807, 2.05) is 0 Å². The van der Waals surface area contributed by atoms with Gasteiger partial charge in [0.15, 0.2) is 5.11 Å². The number of carbonyl (C=O) groups excluding carboxylic acids is 1. The van der Waals surface area contributed by atoms with Crippen LogP contribution in [-0.2, 0) is 15.7 Å². The average Bonchev–Trinajstić information content (AvgIpc) is 3.15. The lowest BCUT2D eigenvalue weighted by Gasteiger charge is -2.37. The van der Waals surface area contributed by atoms with Gasteiger partial charge < -0.3 is 19.9 Å². The lowest BCUT2D eigenvalue weighted by atomic mass is 10.1. The van der Waals surface area contributed by atoms with Gasteiger partial charge in [0.1, 0.15) is 6.10 Å². The molecule has 1 N–H and O–H groups in total. The number of rotatable bonds is 2. The number of thiocarbonyl (C=S) groups is 1. The summed E-state index contributed by atoms with van der Waals surface area (Å²) in [6, 6.07) is 5.24. The van der Waals surface area contributed by atoms with E-state index in [1.165, 1.54) is 18.2 Å². The van der Waals surface area contributed by atoms with Gasteiger partial charge in [0, 0.05) is 32.8 Å². The molecule has 2 heterocycles. The van der Waals surface area contributed by atoms with Crippen LogP contribution >= 0.6 is 12.2 Å². The first-order valence-corrected chi connectivity index (χ1v) is 8.89. The molecular formula is C17H20F3N3O2S. The van der Waals surface area contributed by atoms with Crippen LogP contribution in [0.4, 0.5) is 18.9 Å². The van der Waals surface area contributed by atoms with Crippen molar-refractivity contribution in [1.29, 1.82) is 0 Å². The van der Waals surface area contributed by atoms with Gasteiger partial charge in [0.05, 0.1) is 11.3 Å². The second-order valence-corrected chi connectivity index (χ2v) is 6.67. The van der Waals surface area contributed by atoms with Gasteiger partial charge in [-0.1, -0.05) is 12.1 Å². The number of amides is 1. The molecule has 26 heavy (non-hydrogen) atoms. The van der Waals surface area contributed by atoms with Crippen LogP contribution in [0.2, 0.25) is 0 Å². The minimum Gasteiger partial charge on any atom is -0.368 e. The number of halogens is 3. The summed E-state index contributed by atoms with van der Waals surface area (Å²) in [5, 5.41) is 2.92. The highest BCUT2D eigenvalue weighted by atomic mass is 32.1. The van der Waals surface area contributed by atoms with E-state index in [0.29, 0.717) is 32.8 Å². The zero-order chi connectivity index (χ0) is 18.7. The van der Waals surface area contributed by atoms with Crippen LogP contribution in [0.25, 0.3) is 0 Å². The number of hydrogen-bond acceptors (Lipinski definition) is 3. The first kappa shape index (κ1) is 18.9. The van der Waals surface area contributed by atoms with Crippen molar-refractivity contribution in [1.82, 2.24) is 9.80 Å². The quantitative estimate of drug-likeness (QED) is 0.791. The normalized spacial score (nSPS) is 21.0. The van der Waals surface area contributed by atoms with Gasteiger partial charge in [-0.2, -0.15) is 13.2 Å². The Balaban J connectivity index is 1.57. The highest BCUT2D eigenvalue weighted by Crippen LogP contribution is 2.34. The Morgan fingerprint density at radius 2 is 1.81 bits per heavy atom. The van der Waals surface area contributed by atoms with Crippen LogP contribution in [0, 0.1) is 0 Å². The van der Waals surface area contributed by atoms with Gasteiger partial charge in [0.25, 0.3) is 5.91 Å². The second kappa shape index (κ2) is 7.79. The molecule has 3 rings (SSSR count). The highest BCUT2D eigenvalue weighted by Gasteiger charge is 2.34. The first-order valence-electron chi connectivity index (χ1n) is 8.49. The van der Waals surface area contributed by atoms with Gasteiger partial charge >= 0.3 is 6.18 Å². The predicted octanol–water partition coefficient (Wildman–Crippen LogP) is 2.73. The molecule has 1 amide bonds. The van der Waals surface area contributed by atoms with E-state index < -0.39 is 11.7 Å². The highest BCUT2D eigenvalue weighted by molar-refractivity contribution is 7.80. The Labute approximate surface area is 155 Å². The van der Waals surface area contributed by atoms with Crippen molar-refractivity contribution >= 4 is 28.9 Å². The molecule has 0 spiro atoms. The standard InChI is InChI=1S/C17H20F3N3O2S/c18-17(19,20)12-4-1-2-5-13(12)21-16(26)23-9-7-22(8-10-23)15(24)14-6-3-11-25-14/h1-2,4-5,14H,3,6-11H2,(H,21,26)/t14-/m1/s1. The first-order chi connectivity index (χ1) is 12.4. The summed E-state index contributed by atoms with van der Waals surface area (Å²) in [5.74, 6) is -0.0107. The molecule has 0 unspecified atom stereocenters. The van der Waals surface area contributed by atoms with Gasteiger partial charge in [-0.25, -0.2) is 0 Å². The Kier molecular flexibility index (Phi) is 5.67. The van der Waals surface area contributed by atoms with Crippen LogP contribution in [0.15, 0.2) is 24.3 Å². The maximum absolute atomic E-state index is 13.1. The zero-order valence-corrected chi connectivity index (χ0v) is 14.9. The average molecular weight is 387 g/mol. The smallest absolute Gasteiger partial charge is 0.368 e. The number of carbonyl (C=O) groups is 1. The van der Waals surface area contributed by atoms with Crippen LogP contribution in [0.5, 0.6) is 0 Å². The zero-order valence-electron chi connectivity index (χ0n) is 14.1. The molecule has 2 aliphatic rings. The van der Waals surface area contributed by atoms with Crippen molar-refractivity contribution in [3.63, 3.8) is 0 Å². The molecular weight excluding hydrogens is 367 g/mol. The molecule has 1 atom stereocenters. The molecule has 142 valence electrons. The predicted molar refractivity (Wildman–Crippen MR) is 94.8 cm³/mol. The minimum atomic E-state index is -4.45. The number of piperazine rings is 1. The molecule has 0 aromatic heterocycles. The summed E-state index contributed by atoms with van der Waals surface area (Å²) in [5.41, 5.74) is -0.822. The number of nitrogens with one attached hydrogen (secondary N) is 1. The Morgan fingerprint density at radius 1 is 1.15 bits per heavy atom. The molecule has 0 bridgehead atoms. The molecule has 5 nitrogen and oxygen atoms in total. The summed E-state index contributed by atoms with van der Waals surface area (Å²) < 4.78 is 44.6. The lowest BCUT2D eigenvalue weighted by molar-refractivity contribution is -0.142. The third kappa shape index (κ3) is 4.27. The summed E-state index contributed by atoms with van der Waals surface area (Å²) in [6.45, 7) is 2.50. The van der Waals surface area contributed by atoms with Crippen LogP contribution < -0.4 is 5.32 Å². The molecule has 0 radical (unpaired) electrons. The molecule has 1 aromatic carbocycles. The Hall–Kier alpha value is -1.87. The number of nitrogens with zero attached hydrogens (tertiary/aromatic N) is 2. The van der Waals surface area contributed by atoms with Crippen molar-refractivity contribution < 1.29 is 22.7 Å². The van der Waals surface area contributed by atoms with Gasteiger partial charge in [-0.05, 0) is 37.2 Å². The van der Waals surface area contributed by atoms with Gasteiger partial charge in [0.2, 0.25) is 0 Å². The summed E-state index contributed by atoms with van der Waals surface area (Å²) in [6.07, 6.45) is -3.17. The van der Waals surface area contributed by atoms with Crippen molar-refractivity contribution in [2.45, 2.75) is 25.1 Å². The fourth-order valence-corrected chi connectivity index (χ4v) is 3.43. The van der Waals surface area contributed by atoms with Crippen molar-refractivity contribution in [2.75, 3.05) is 38.1 Å². The van der Waals surface area contributed by atoms with Gasteiger partial charge in [-0.3, -0.25) is 4.79 Å². The number of ether oxygens (including phenoxy) is 1. The van der Waals surface area contributed by atoms with E-state index in [2.05, 4.69) is 5.32 Å². The Bertz CT molecular complexity index is 669. The van der Waals surface area contributed by atoms with Crippen LogP contribution in [0.1, 0.15) is 18.4 Å². The minimum absolute atomic E-state index is 0.0107. The molecule has 0 aliphatic carbocycles. The monoisotopic (exact) mass is 387 g/mol.